The summed E-state index contributed by atoms with van der Waals surface area (Å²) in [5.74, 6) is 0.829. The van der Waals surface area contributed by atoms with Gasteiger partial charge in [0.1, 0.15) is 5.75 Å². The molecule has 0 saturated heterocycles. The number of rotatable bonds is 7. The molecule has 2 heteroatoms. The largest absolute Gasteiger partial charge is 0.491 e. The molecule has 0 radical (unpaired) electrons. The zero-order chi connectivity index (χ0) is 11.8. The molecule has 1 aromatic carbocycles. The number of para-hydroxylation sites is 1. The van der Waals surface area contributed by atoms with Gasteiger partial charge in [-0.15, -0.1) is 0 Å². The molecule has 0 atom stereocenters. The number of aryl methyl sites for hydroxylation is 1. The van der Waals surface area contributed by atoms with E-state index in [1.54, 1.807) is 0 Å². The number of hydrogen-bond acceptors (Lipinski definition) is 2. The molecule has 0 aliphatic heterocycles. The standard InChI is InChI=1S/C14H23NO/c1-3-4-5-6-7-11-16-13-10-8-9-12(2)14(13)15/h8-10H,3-7,11,15H2,1-2H3. The van der Waals surface area contributed by atoms with Gasteiger partial charge in [0.15, 0.2) is 0 Å². The molecule has 0 spiro atoms. The maximum atomic E-state index is 5.92. The fourth-order valence-corrected chi connectivity index (χ4v) is 1.67. The van der Waals surface area contributed by atoms with Crippen LogP contribution in [0.2, 0.25) is 0 Å². The second-order valence-corrected chi connectivity index (χ2v) is 4.25. The van der Waals surface area contributed by atoms with Gasteiger partial charge in [-0.2, -0.15) is 0 Å². The summed E-state index contributed by atoms with van der Waals surface area (Å²) in [4.78, 5) is 0. The minimum atomic E-state index is 0.774. The normalized spacial score (nSPS) is 10.4. The fraction of sp³-hybridized carbons (Fsp3) is 0.571. The summed E-state index contributed by atoms with van der Waals surface area (Å²) in [7, 11) is 0. The average Bonchev–Trinajstić information content (AvgIpc) is 2.29. The highest BCUT2D eigenvalue weighted by Gasteiger charge is 2.01. The van der Waals surface area contributed by atoms with Crippen LogP contribution < -0.4 is 10.5 Å². The van der Waals surface area contributed by atoms with Crippen LogP contribution in [0.3, 0.4) is 0 Å². The van der Waals surface area contributed by atoms with E-state index >= 15 is 0 Å². The van der Waals surface area contributed by atoms with Crippen molar-refractivity contribution in [1.82, 2.24) is 0 Å². The molecule has 0 fully saturated rings. The van der Waals surface area contributed by atoms with E-state index in [9.17, 15) is 0 Å². The van der Waals surface area contributed by atoms with Crippen molar-refractivity contribution in [2.75, 3.05) is 12.3 Å². The molecule has 90 valence electrons. The van der Waals surface area contributed by atoms with Gasteiger partial charge in [-0.3, -0.25) is 0 Å². The van der Waals surface area contributed by atoms with Crippen molar-refractivity contribution in [3.63, 3.8) is 0 Å². The first-order chi connectivity index (χ1) is 7.75. The molecule has 0 amide bonds. The first kappa shape index (κ1) is 12.9. The van der Waals surface area contributed by atoms with Crippen LogP contribution in [0.4, 0.5) is 5.69 Å². The maximum Gasteiger partial charge on any atom is 0.142 e. The lowest BCUT2D eigenvalue weighted by molar-refractivity contribution is 0.306. The van der Waals surface area contributed by atoms with E-state index in [-0.39, 0.29) is 0 Å². The minimum absolute atomic E-state index is 0.774. The molecular formula is C14H23NO. The van der Waals surface area contributed by atoms with Gasteiger partial charge in [-0.1, -0.05) is 44.7 Å². The maximum absolute atomic E-state index is 5.92. The van der Waals surface area contributed by atoms with E-state index in [2.05, 4.69) is 6.92 Å². The van der Waals surface area contributed by atoms with Gasteiger partial charge in [0.25, 0.3) is 0 Å². The molecule has 1 rings (SSSR count). The number of benzene rings is 1. The van der Waals surface area contributed by atoms with Crippen LogP contribution >= 0.6 is 0 Å². The Morgan fingerprint density at radius 2 is 1.88 bits per heavy atom. The molecule has 0 aliphatic carbocycles. The summed E-state index contributed by atoms with van der Waals surface area (Å²) >= 11 is 0. The first-order valence-corrected chi connectivity index (χ1v) is 6.23. The highest BCUT2D eigenvalue weighted by molar-refractivity contribution is 5.57. The van der Waals surface area contributed by atoms with Crippen molar-refractivity contribution in [2.24, 2.45) is 0 Å². The van der Waals surface area contributed by atoms with Crippen molar-refractivity contribution >= 4 is 5.69 Å². The predicted molar refractivity (Wildman–Crippen MR) is 69.8 cm³/mol. The van der Waals surface area contributed by atoms with Crippen LogP contribution in [0, 0.1) is 6.92 Å². The minimum Gasteiger partial charge on any atom is -0.491 e. The monoisotopic (exact) mass is 221 g/mol. The molecular weight excluding hydrogens is 198 g/mol. The van der Waals surface area contributed by atoms with E-state index in [1.807, 2.05) is 25.1 Å². The third kappa shape index (κ3) is 4.13. The molecule has 2 nitrogen and oxygen atoms in total. The Hall–Kier alpha value is -1.18. The summed E-state index contributed by atoms with van der Waals surface area (Å²) < 4.78 is 5.67. The van der Waals surface area contributed by atoms with E-state index < -0.39 is 0 Å². The molecule has 0 aliphatic rings. The van der Waals surface area contributed by atoms with Crippen LogP contribution in [-0.4, -0.2) is 6.61 Å². The van der Waals surface area contributed by atoms with Crippen molar-refractivity contribution in [1.29, 1.82) is 0 Å². The molecule has 0 heterocycles. The Morgan fingerprint density at radius 3 is 2.62 bits per heavy atom. The summed E-state index contributed by atoms with van der Waals surface area (Å²) in [5.41, 5.74) is 7.78. The molecule has 0 aromatic heterocycles. The van der Waals surface area contributed by atoms with Crippen LogP contribution in [0.15, 0.2) is 18.2 Å². The summed E-state index contributed by atoms with van der Waals surface area (Å²) in [5, 5.41) is 0. The number of hydrogen-bond donors (Lipinski definition) is 1. The van der Waals surface area contributed by atoms with E-state index in [0.717, 1.165) is 30.0 Å². The molecule has 0 saturated carbocycles. The number of nitrogens with two attached hydrogens (primary N) is 1. The quantitative estimate of drug-likeness (QED) is 0.559. The lowest BCUT2D eigenvalue weighted by Gasteiger charge is -2.10. The van der Waals surface area contributed by atoms with Crippen LogP contribution in [0.5, 0.6) is 5.75 Å². The number of unbranched alkanes of at least 4 members (excludes halogenated alkanes) is 4. The van der Waals surface area contributed by atoms with Gasteiger partial charge in [0.05, 0.1) is 12.3 Å². The zero-order valence-electron chi connectivity index (χ0n) is 10.5. The Kier molecular flexibility index (Phi) is 5.76. The third-order valence-electron chi connectivity index (χ3n) is 2.79. The molecule has 2 N–H and O–H groups in total. The second kappa shape index (κ2) is 7.15. The number of ether oxygens (including phenoxy) is 1. The lowest BCUT2D eigenvalue weighted by atomic mass is 10.1. The Labute approximate surface area is 98.8 Å². The van der Waals surface area contributed by atoms with E-state index in [0.29, 0.717) is 0 Å². The van der Waals surface area contributed by atoms with Gasteiger partial charge in [-0.05, 0) is 25.0 Å². The van der Waals surface area contributed by atoms with Gasteiger partial charge < -0.3 is 10.5 Å². The van der Waals surface area contributed by atoms with Crippen LogP contribution in [0.25, 0.3) is 0 Å². The summed E-state index contributed by atoms with van der Waals surface area (Å²) in [6, 6.07) is 5.93. The third-order valence-corrected chi connectivity index (χ3v) is 2.79. The van der Waals surface area contributed by atoms with Gasteiger partial charge in [0, 0.05) is 0 Å². The molecule has 0 bridgehead atoms. The highest BCUT2D eigenvalue weighted by atomic mass is 16.5. The van der Waals surface area contributed by atoms with E-state index in [4.69, 9.17) is 10.5 Å². The smallest absolute Gasteiger partial charge is 0.142 e. The Morgan fingerprint density at radius 1 is 1.12 bits per heavy atom. The lowest BCUT2D eigenvalue weighted by Crippen LogP contribution is -2.01. The van der Waals surface area contributed by atoms with E-state index in [1.165, 1.54) is 25.7 Å². The summed E-state index contributed by atoms with van der Waals surface area (Å²) in [6.45, 7) is 5.00. The Balaban J connectivity index is 2.24. The molecule has 1 aromatic rings. The average molecular weight is 221 g/mol. The van der Waals surface area contributed by atoms with Gasteiger partial charge in [-0.25, -0.2) is 0 Å². The first-order valence-electron chi connectivity index (χ1n) is 6.23. The SMILES string of the molecule is CCCCCCCOc1cccc(C)c1N. The molecule has 16 heavy (non-hydrogen) atoms. The topological polar surface area (TPSA) is 35.2 Å². The Bertz CT molecular complexity index is 310. The highest BCUT2D eigenvalue weighted by Crippen LogP contribution is 2.24. The second-order valence-electron chi connectivity index (χ2n) is 4.25. The van der Waals surface area contributed by atoms with Gasteiger partial charge in [0.2, 0.25) is 0 Å². The zero-order valence-corrected chi connectivity index (χ0v) is 10.5. The predicted octanol–water partition coefficient (Wildman–Crippen LogP) is 3.93. The fourth-order valence-electron chi connectivity index (χ4n) is 1.67. The van der Waals surface area contributed by atoms with Crippen molar-refractivity contribution in [2.45, 2.75) is 46.0 Å². The molecule has 0 unspecified atom stereocenters. The van der Waals surface area contributed by atoms with Crippen molar-refractivity contribution in [3.8, 4) is 5.75 Å². The van der Waals surface area contributed by atoms with Crippen molar-refractivity contribution < 1.29 is 4.74 Å². The summed E-state index contributed by atoms with van der Waals surface area (Å²) in [6.07, 6.45) is 6.29. The van der Waals surface area contributed by atoms with Gasteiger partial charge >= 0.3 is 0 Å². The van der Waals surface area contributed by atoms with Crippen LogP contribution in [0.1, 0.15) is 44.6 Å². The number of nitrogen functional groups attached to an aromatic ring is 1. The number of anilines is 1. The van der Waals surface area contributed by atoms with Crippen molar-refractivity contribution in [3.05, 3.63) is 23.8 Å². The van der Waals surface area contributed by atoms with Crippen LogP contribution in [-0.2, 0) is 0 Å².